The maximum atomic E-state index is 12.5. The van der Waals surface area contributed by atoms with Crippen LogP contribution in [-0.2, 0) is 4.79 Å². The first-order chi connectivity index (χ1) is 12.6. The van der Waals surface area contributed by atoms with Gasteiger partial charge < -0.3 is 15.6 Å². The Kier molecular flexibility index (Phi) is 4.14. The molecule has 26 heavy (non-hydrogen) atoms. The van der Waals surface area contributed by atoms with E-state index in [0.29, 0.717) is 22.9 Å². The third-order valence-corrected chi connectivity index (χ3v) is 4.94. The van der Waals surface area contributed by atoms with Gasteiger partial charge in [0.1, 0.15) is 5.69 Å². The number of nitrogens with one attached hydrogen (secondary N) is 3. The van der Waals surface area contributed by atoms with E-state index in [1.54, 1.807) is 13.0 Å². The molecule has 0 aliphatic rings. The number of benzene rings is 2. The standard InChI is InChI=1S/C19H16N4O2S/c1-2-17(24)23-19-22-14-10-12(7-8-16(14)26-19)20-18(25)15-9-11-5-3-4-6-13(11)21-15/h3-10,21H,2H2,1H3,(H,20,25)(H,22,23,24). The van der Waals surface area contributed by atoms with Gasteiger partial charge in [0.15, 0.2) is 5.13 Å². The number of hydrogen-bond acceptors (Lipinski definition) is 4. The monoisotopic (exact) mass is 364 g/mol. The van der Waals surface area contributed by atoms with E-state index in [4.69, 9.17) is 0 Å². The molecule has 0 radical (unpaired) electrons. The Labute approximate surface area is 153 Å². The topological polar surface area (TPSA) is 86.9 Å². The van der Waals surface area contributed by atoms with Crippen molar-refractivity contribution in [3.8, 4) is 0 Å². The molecule has 0 spiro atoms. The van der Waals surface area contributed by atoms with Crippen molar-refractivity contribution in [2.45, 2.75) is 13.3 Å². The number of H-pyrrole nitrogens is 1. The molecule has 0 aliphatic heterocycles. The number of carbonyl (C=O) groups excluding carboxylic acids is 2. The number of carbonyl (C=O) groups is 2. The van der Waals surface area contributed by atoms with Crippen molar-refractivity contribution < 1.29 is 9.59 Å². The first kappa shape index (κ1) is 16.3. The molecule has 0 aliphatic carbocycles. The van der Waals surface area contributed by atoms with Crippen molar-refractivity contribution in [3.63, 3.8) is 0 Å². The highest BCUT2D eigenvalue weighted by atomic mass is 32.1. The van der Waals surface area contributed by atoms with Crippen molar-refractivity contribution in [1.29, 1.82) is 0 Å². The summed E-state index contributed by atoms with van der Waals surface area (Å²) in [7, 11) is 0. The summed E-state index contributed by atoms with van der Waals surface area (Å²) in [6.45, 7) is 1.79. The summed E-state index contributed by atoms with van der Waals surface area (Å²) < 4.78 is 0.944. The van der Waals surface area contributed by atoms with Gasteiger partial charge in [-0.2, -0.15) is 0 Å². The number of thiazole rings is 1. The predicted molar refractivity (Wildman–Crippen MR) is 105 cm³/mol. The molecule has 130 valence electrons. The lowest BCUT2D eigenvalue weighted by Gasteiger charge is -2.03. The Morgan fingerprint density at radius 3 is 2.77 bits per heavy atom. The fourth-order valence-corrected chi connectivity index (χ4v) is 3.52. The molecule has 0 saturated heterocycles. The number of para-hydroxylation sites is 1. The molecule has 6 nitrogen and oxygen atoms in total. The van der Waals surface area contributed by atoms with Gasteiger partial charge in [-0.25, -0.2) is 4.98 Å². The van der Waals surface area contributed by atoms with Crippen molar-refractivity contribution in [1.82, 2.24) is 9.97 Å². The number of amides is 2. The first-order valence-electron chi connectivity index (χ1n) is 8.22. The molecule has 7 heteroatoms. The molecule has 2 aromatic carbocycles. The highest BCUT2D eigenvalue weighted by Crippen LogP contribution is 2.28. The van der Waals surface area contributed by atoms with Crippen molar-refractivity contribution in [2.75, 3.05) is 10.6 Å². The normalized spacial score (nSPS) is 11.0. The Morgan fingerprint density at radius 1 is 1.12 bits per heavy atom. The van der Waals surface area contributed by atoms with Crippen molar-refractivity contribution in [3.05, 3.63) is 54.2 Å². The zero-order valence-electron chi connectivity index (χ0n) is 14.0. The predicted octanol–water partition coefficient (Wildman–Crippen LogP) is 4.38. The number of aromatic amines is 1. The Balaban J connectivity index is 1.56. The third-order valence-electron chi connectivity index (χ3n) is 3.99. The number of rotatable bonds is 4. The summed E-state index contributed by atoms with van der Waals surface area (Å²) in [5.41, 5.74) is 2.81. The molecule has 0 bridgehead atoms. The second kappa shape index (κ2) is 6.61. The number of aromatic nitrogens is 2. The van der Waals surface area contributed by atoms with Gasteiger partial charge in [-0.05, 0) is 30.3 Å². The maximum Gasteiger partial charge on any atom is 0.272 e. The van der Waals surface area contributed by atoms with Crippen LogP contribution >= 0.6 is 11.3 Å². The average Bonchev–Trinajstić information content (AvgIpc) is 3.24. The molecule has 2 aromatic heterocycles. The molecule has 0 fully saturated rings. The van der Waals surface area contributed by atoms with Crippen LogP contribution in [0, 0.1) is 0 Å². The van der Waals surface area contributed by atoms with Crippen LogP contribution in [0.25, 0.3) is 21.1 Å². The zero-order chi connectivity index (χ0) is 18.1. The summed E-state index contributed by atoms with van der Waals surface area (Å²) in [6, 6.07) is 15.1. The highest BCUT2D eigenvalue weighted by molar-refractivity contribution is 7.22. The fraction of sp³-hybridized carbons (Fsp3) is 0.105. The van der Waals surface area contributed by atoms with Crippen LogP contribution in [0.3, 0.4) is 0 Å². The van der Waals surface area contributed by atoms with E-state index in [2.05, 4.69) is 20.6 Å². The van der Waals surface area contributed by atoms with E-state index in [-0.39, 0.29) is 11.8 Å². The Hall–Kier alpha value is -3.19. The molecule has 2 amide bonds. The van der Waals surface area contributed by atoms with E-state index < -0.39 is 0 Å². The summed E-state index contributed by atoms with van der Waals surface area (Å²) in [4.78, 5) is 31.5. The molecule has 0 atom stereocenters. The number of nitrogens with zero attached hydrogens (tertiary/aromatic N) is 1. The summed E-state index contributed by atoms with van der Waals surface area (Å²) >= 11 is 1.41. The average molecular weight is 364 g/mol. The lowest BCUT2D eigenvalue weighted by Crippen LogP contribution is -2.12. The van der Waals surface area contributed by atoms with E-state index >= 15 is 0 Å². The van der Waals surface area contributed by atoms with Gasteiger partial charge in [0.05, 0.1) is 10.2 Å². The molecule has 3 N–H and O–H groups in total. The largest absolute Gasteiger partial charge is 0.351 e. The highest BCUT2D eigenvalue weighted by Gasteiger charge is 2.11. The molecule has 0 unspecified atom stereocenters. The lowest BCUT2D eigenvalue weighted by molar-refractivity contribution is -0.115. The van der Waals surface area contributed by atoms with E-state index in [1.165, 1.54) is 11.3 Å². The van der Waals surface area contributed by atoms with Crippen molar-refractivity contribution >= 4 is 55.1 Å². The van der Waals surface area contributed by atoms with Crippen LogP contribution in [0.2, 0.25) is 0 Å². The van der Waals surface area contributed by atoms with Gasteiger partial charge in [-0.15, -0.1) is 0 Å². The molecule has 0 saturated carbocycles. The van der Waals surface area contributed by atoms with Crippen LogP contribution in [0.4, 0.5) is 10.8 Å². The molecule has 4 aromatic rings. The second-order valence-corrected chi connectivity index (χ2v) is 6.86. The van der Waals surface area contributed by atoms with Gasteiger partial charge in [0.25, 0.3) is 5.91 Å². The van der Waals surface area contributed by atoms with Gasteiger partial charge in [-0.3, -0.25) is 9.59 Å². The molecule has 4 rings (SSSR count). The smallest absolute Gasteiger partial charge is 0.272 e. The van der Waals surface area contributed by atoms with Gasteiger partial charge in [0, 0.05) is 23.0 Å². The number of hydrogen-bond donors (Lipinski definition) is 3. The Morgan fingerprint density at radius 2 is 1.96 bits per heavy atom. The third kappa shape index (κ3) is 3.16. The minimum Gasteiger partial charge on any atom is -0.351 e. The van der Waals surface area contributed by atoms with Gasteiger partial charge >= 0.3 is 0 Å². The maximum absolute atomic E-state index is 12.5. The molecule has 2 heterocycles. The molecular formula is C19H16N4O2S. The van der Waals surface area contributed by atoms with Crippen LogP contribution < -0.4 is 10.6 Å². The first-order valence-corrected chi connectivity index (χ1v) is 9.03. The zero-order valence-corrected chi connectivity index (χ0v) is 14.8. The van der Waals surface area contributed by atoms with Crippen LogP contribution in [0.15, 0.2) is 48.5 Å². The van der Waals surface area contributed by atoms with Crippen LogP contribution in [0.5, 0.6) is 0 Å². The minimum absolute atomic E-state index is 0.0728. The summed E-state index contributed by atoms with van der Waals surface area (Å²) in [5, 5.41) is 7.19. The number of fused-ring (bicyclic) bond motifs is 2. The lowest BCUT2D eigenvalue weighted by atomic mass is 10.2. The SMILES string of the molecule is CCC(=O)Nc1nc2cc(NC(=O)c3cc4ccccc4[nH]3)ccc2s1. The quantitative estimate of drug-likeness (QED) is 0.502. The van der Waals surface area contributed by atoms with Crippen molar-refractivity contribution in [2.24, 2.45) is 0 Å². The van der Waals surface area contributed by atoms with Gasteiger partial charge in [-0.1, -0.05) is 36.5 Å². The fourth-order valence-electron chi connectivity index (χ4n) is 2.66. The number of anilines is 2. The van der Waals surface area contributed by atoms with Gasteiger partial charge in [0.2, 0.25) is 5.91 Å². The summed E-state index contributed by atoms with van der Waals surface area (Å²) in [5.74, 6) is -0.285. The van der Waals surface area contributed by atoms with E-state index in [1.807, 2.05) is 42.5 Å². The molecular weight excluding hydrogens is 348 g/mol. The van der Waals surface area contributed by atoms with E-state index in [0.717, 1.165) is 21.1 Å². The Bertz CT molecular complexity index is 1100. The van der Waals surface area contributed by atoms with Crippen LogP contribution in [0.1, 0.15) is 23.8 Å². The minimum atomic E-state index is -0.213. The van der Waals surface area contributed by atoms with E-state index in [9.17, 15) is 9.59 Å². The summed E-state index contributed by atoms with van der Waals surface area (Å²) in [6.07, 6.45) is 0.404. The van der Waals surface area contributed by atoms with Crippen LogP contribution in [-0.4, -0.2) is 21.8 Å². The second-order valence-electron chi connectivity index (χ2n) is 5.83.